The summed E-state index contributed by atoms with van der Waals surface area (Å²) in [5.41, 5.74) is -0.110. The fourth-order valence-corrected chi connectivity index (χ4v) is 7.29. The van der Waals surface area contributed by atoms with Crippen molar-refractivity contribution in [1.82, 2.24) is 9.88 Å². The molecule has 0 amide bonds. The predicted molar refractivity (Wildman–Crippen MR) is 91.5 cm³/mol. The lowest BCUT2D eigenvalue weighted by Gasteiger charge is -2.40. The minimum atomic E-state index is -4.40. The first-order valence-electron chi connectivity index (χ1n) is 9.14. The third kappa shape index (κ3) is 3.50. The molecule has 1 spiro atoms. The number of hydrogen-bond donors (Lipinski definition) is 0. The molecule has 0 radical (unpaired) electrons. The minimum Gasteiger partial charge on any atom is -0.300 e. The normalized spacial score (nSPS) is 31.0. The van der Waals surface area contributed by atoms with Crippen LogP contribution in [0.4, 0.5) is 13.2 Å². The van der Waals surface area contributed by atoms with Gasteiger partial charge in [0.25, 0.3) is 0 Å². The lowest BCUT2D eigenvalue weighted by Crippen LogP contribution is -2.51. The Morgan fingerprint density at radius 3 is 2.46 bits per heavy atom. The summed E-state index contributed by atoms with van der Waals surface area (Å²) in [6.45, 7) is 1.80. The zero-order chi connectivity index (χ0) is 18.6. The maximum absolute atomic E-state index is 12.9. The molecule has 1 aliphatic carbocycles. The first-order valence-corrected chi connectivity index (χ1v) is 11.0. The lowest BCUT2D eigenvalue weighted by molar-refractivity contribution is -0.141. The van der Waals surface area contributed by atoms with E-state index >= 15 is 0 Å². The Morgan fingerprint density at radius 2 is 1.85 bits per heavy atom. The van der Waals surface area contributed by atoms with E-state index in [2.05, 4.69) is 9.88 Å². The van der Waals surface area contributed by atoms with Crippen molar-refractivity contribution in [3.05, 3.63) is 29.6 Å². The third-order valence-electron chi connectivity index (χ3n) is 6.28. The molecule has 4 rings (SSSR count). The first kappa shape index (κ1) is 18.2. The maximum atomic E-state index is 12.9. The number of hydrogen-bond acceptors (Lipinski definition) is 4. The van der Waals surface area contributed by atoms with Gasteiger partial charge >= 0.3 is 6.18 Å². The molecule has 4 nitrogen and oxygen atoms in total. The van der Waals surface area contributed by atoms with Crippen LogP contribution in [0.15, 0.2) is 18.3 Å². The van der Waals surface area contributed by atoms with E-state index in [4.69, 9.17) is 0 Å². The minimum absolute atomic E-state index is 0.0254. The molecule has 2 aliphatic heterocycles. The van der Waals surface area contributed by atoms with Crippen molar-refractivity contribution in [2.45, 2.75) is 50.2 Å². The summed E-state index contributed by atoms with van der Waals surface area (Å²) in [6, 6.07) is 3.32. The van der Waals surface area contributed by atoms with Crippen LogP contribution in [-0.4, -0.2) is 48.9 Å². The molecule has 1 aromatic heterocycles. The fraction of sp³-hybridized carbons (Fsp3) is 0.722. The molecule has 26 heavy (non-hydrogen) atoms. The smallest absolute Gasteiger partial charge is 0.300 e. The van der Waals surface area contributed by atoms with E-state index < -0.39 is 21.7 Å². The highest BCUT2D eigenvalue weighted by atomic mass is 32.2. The second-order valence-electron chi connectivity index (χ2n) is 8.23. The Hall–Kier alpha value is -1.15. The summed E-state index contributed by atoms with van der Waals surface area (Å²) in [6.07, 6.45) is 1.45. The summed E-state index contributed by atoms with van der Waals surface area (Å²) in [7, 11) is -2.81. The average molecular weight is 388 g/mol. The maximum Gasteiger partial charge on any atom is 0.433 e. The van der Waals surface area contributed by atoms with Gasteiger partial charge in [0.15, 0.2) is 9.84 Å². The van der Waals surface area contributed by atoms with E-state index in [1.165, 1.54) is 12.3 Å². The van der Waals surface area contributed by atoms with Gasteiger partial charge < -0.3 is 0 Å². The van der Waals surface area contributed by atoms with Crippen LogP contribution in [0.2, 0.25) is 0 Å². The Labute approximate surface area is 151 Å². The van der Waals surface area contributed by atoms with Crippen LogP contribution in [0.25, 0.3) is 0 Å². The molecule has 144 valence electrons. The van der Waals surface area contributed by atoms with E-state index in [1.807, 2.05) is 0 Å². The van der Waals surface area contributed by atoms with Crippen molar-refractivity contribution in [3.63, 3.8) is 0 Å². The van der Waals surface area contributed by atoms with Gasteiger partial charge in [0.05, 0.1) is 11.5 Å². The molecule has 0 unspecified atom stereocenters. The zero-order valence-corrected chi connectivity index (χ0v) is 15.3. The van der Waals surface area contributed by atoms with E-state index in [0.29, 0.717) is 17.5 Å². The van der Waals surface area contributed by atoms with Gasteiger partial charge in [-0.25, -0.2) is 8.42 Å². The molecule has 8 heteroatoms. The van der Waals surface area contributed by atoms with Gasteiger partial charge in [0, 0.05) is 24.2 Å². The number of aromatic nitrogens is 1. The van der Waals surface area contributed by atoms with E-state index in [1.54, 1.807) is 6.07 Å². The van der Waals surface area contributed by atoms with Crippen LogP contribution < -0.4 is 0 Å². The van der Waals surface area contributed by atoms with Crippen molar-refractivity contribution in [3.8, 4) is 0 Å². The first-order chi connectivity index (χ1) is 12.2. The number of alkyl halides is 3. The highest BCUT2D eigenvalue weighted by Crippen LogP contribution is 2.44. The van der Waals surface area contributed by atoms with E-state index in [9.17, 15) is 21.6 Å². The SMILES string of the molecule is O=S1(=O)CC2(CCN([C@H]3CC[C@@H](c4ccnc(C(F)(F)F)c4)CC3)C2)C1. The number of pyridine rings is 1. The summed E-state index contributed by atoms with van der Waals surface area (Å²) in [5, 5.41) is 0. The number of sulfone groups is 1. The van der Waals surface area contributed by atoms with E-state index in [0.717, 1.165) is 50.8 Å². The van der Waals surface area contributed by atoms with Crippen molar-refractivity contribution in [1.29, 1.82) is 0 Å². The number of rotatable bonds is 2. The van der Waals surface area contributed by atoms with Crippen LogP contribution >= 0.6 is 0 Å². The Kier molecular flexibility index (Phi) is 4.34. The summed E-state index contributed by atoms with van der Waals surface area (Å²) >= 11 is 0. The zero-order valence-electron chi connectivity index (χ0n) is 14.5. The Balaban J connectivity index is 1.35. The van der Waals surface area contributed by atoms with Crippen LogP contribution in [0.1, 0.15) is 49.3 Å². The molecular formula is C18H23F3N2O2S. The molecule has 0 atom stereocenters. The fourth-order valence-electron chi connectivity index (χ4n) is 5.04. The number of likely N-dealkylation sites (tertiary alicyclic amines) is 1. The highest BCUT2D eigenvalue weighted by molar-refractivity contribution is 7.92. The van der Waals surface area contributed by atoms with Gasteiger partial charge in [-0.3, -0.25) is 9.88 Å². The molecule has 1 saturated carbocycles. The number of nitrogens with zero attached hydrogens (tertiary/aromatic N) is 2. The second-order valence-corrected chi connectivity index (χ2v) is 10.3. The summed E-state index contributed by atoms with van der Waals surface area (Å²) in [5.74, 6) is 0.794. The molecule has 3 fully saturated rings. The van der Waals surface area contributed by atoms with Crippen LogP contribution in [0, 0.1) is 5.41 Å². The quantitative estimate of drug-likeness (QED) is 0.781. The van der Waals surface area contributed by atoms with Gasteiger partial charge in [-0.1, -0.05) is 0 Å². The lowest BCUT2D eigenvalue weighted by atomic mass is 9.81. The molecular weight excluding hydrogens is 365 g/mol. The van der Waals surface area contributed by atoms with Crippen molar-refractivity contribution in [2.75, 3.05) is 24.6 Å². The van der Waals surface area contributed by atoms with Crippen LogP contribution in [-0.2, 0) is 16.0 Å². The van der Waals surface area contributed by atoms with Crippen LogP contribution in [0.3, 0.4) is 0 Å². The van der Waals surface area contributed by atoms with E-state index in [-0.39, 0.29) is 11.3 Å². The molecule has 0 aromatic carbocycles. The molecule has 0 bridgehead atoms. The van der Waals surface area contributed by atoms with Gasteiger partial charge in [-0.15, -0.1) is 0 Å². The molecule has 3 heterocycles. The molecule has 3 aliphatic rings. The Bertz CT molecular complexity index is 774. The molecule has 2 saturated heterocycles. The van der Waals surface area contributed by atoms with Gasteiger partial charge in [0.2, 0.25) is 0 Å². The largest absolute Gasteiger partial charge is 0.433 e. The topological polar surface area (TPSA) is 50.3 Å². The third-order valence-corrected chi connectivity index (χ3v) is 8.38. The Morgan fingerprint density at radius 1 is 1.15 bits per heavy atom. The van der Waals surface area contributed by atoms with Crippen molar-refractivity contribution in [2.24, 2.45) is 5.41 Å². The standard InChI is InChI=1S/C18H23F3N2O2S/c19-18(20,21)16-9-14(5-7-22-16)13-1-3-15(4-2-13)23-8-6-17(10-23)11-26(24,25)12-17/h5,7,9,13,15H,1-4,6,8,10-12H2/t13-,15+. The highest BCUT2D eigenvalue weighted by Gasteiger charge is 2.52. The van der Waals surface area contributed by atoms with Crippen LogP contribution in [0.5, 0.6) is 0 Å². The predicted octanol–water partition coefficient (Wildman–Crippen LogP) is 3.25. The monoisotopic (exact) mass is 388 g/mol. The average Bonchev–Trinajstić information content (AvgIpc) is 2.98. The number of halogens is 3. The molecule has 1 aromatic rings. The van der Waals surface area contributed by atoms with Gasteiger partial charge in [0.1, 0.15) is 5.69 Å². The van der Waals surface area contributed by atoms with Gasteiger partial charge in [-0.05, 0) is 62.3 Å². The summed E-state index contributed by atoms with van der Waals surface area (Å²) < 4.78 is 61.6. The van der Waals surface area contributed by atoms with Crippen molar-refractivity contribution < 1.29 is 21.6 Å². The van der Waals surface area contributed by atoms with Crippen molar-refractivity contribution >= 4 is 9.84 Å². The molecule has 0 N–H and O–H groups in total. The summed E-state index contributed by atoms with van der Waals surface area (Å²) in [4.78, 5) is 5.86. The van der Waals surface area contributed by atoms with Gasteiger partial charge in [-0.2, -0.15) is 13.2 Å². The second kappa shape index (κ2) is 6.19.